The molecular weight excluding hydrogens is 494 g/mol. The molecule has 0 aliphatic carbocycles. The molecule has 1 aliphatic rings. The van der Waals surface area contributed by atoms with Crippen molar-refractivity contribution < 1.29 is 33.2 Å². The SMILES string of the molecule is COC(=O)c1ccc(CN2C(=O)N/C(=C\c3ccc(OCc4ccc([N+](=O)[O-])cc4)c(Cl)c3)C2=O)o1. The number of hydrogen-bond acceptors (Lipinski definition) is 8. The largest absolute Gasteiger partial charge is 0.487 e. The molecule has 4 rings (SSSR count). The van der Waals surface area contributed by atoms with E-state index in [1.807, 2.05) is 0 Å². The summed E-state index contributed by atoms with van der Waals surface area (Å²) in [6.45, 7) is -0.0265. The third-order valence-electron chi connectivity index (χ3n) is 5.13. The van der Waals surface area contributed by atoms with Crippen LogP contribution in [0.3, 0.4) is 0 Å². The van der Waals surface area contributed by atoms with Crippen LogP contribution in [0.2, 0.25) is 5.02 Å². The van der Waals surface area contributed by atoms with Gasteiger partial charge in [0.2, 0.25) is 5.76 Å². The molecule has 11 nitrogen and oxygen atoms in total. The average Bonchev–Trinajstić information content (AvgIpc) is 3.43. The smallest absolute Gasteiger partial charge is 0.373 e. The van der Waals surface area contributed by atoms with Crippen molar-refractivity contribution >= 4 is 41.3 Å². The molecule has 3 aromatic rings. The maximum absolute atomic E-state index is 12.7. The number of urea groups is 1. The van der Waals surface area contributed by atoms with Gasteiger partial charge in [0.1, 0.15) is 23.8 Å². The molecule has 12 heteroatoms. The summed E-state index contributed by atoms with van der Waals surface area (Å²) < 4.78 is 15.6. The highest BCUT2D eigenvalue weighted by molar-refractivity contribution is 6.32. The van der Waals surface area contributed by atoms with E-state index in [4.69, 9.17) is 20.8 Å². The number of ether oxygens (including phenoxy) is 2. The van der Waals surface area contributed by atoms with Crippen LogP contribution in [-0.2, 0) is 22.7 Å². The van der Waals surface area contributed by atoms with Gasteiger partial charge >= 0.3 is 12.0 Å². The second kappa shape index (κ2) is 10.3. The maximum Gasteiger partial charge on any atom is 0.373 e. The Hall–Kier alpha value is -4.64. The number of methoxy groups -OCH3 is 1. The zero-order chi connectivity index (χ0) is 25.8. The van der Waals surface area contributed by atoms with Crippen molar-refractivity contribution in [1.82, 2.24) is 10.2 Å². The van der Waals surface area contributed by atoms with Crippen LogP contribution in [0.1, 0.15) is 27.4 Å². The summed E-state index contributed by atoms with van der Waals surface area (Å²) in [4.78, 5) is 47.8. The number of halogens is 1. The maximum atomic E-state index is 12.7. The summed E-state index contributed by atoms with van der Waals surface area (Å²) in [6.07, 6.45) is 1.47. The van der Waals surface area contributed by atoms with Gasteiger partial charge in [-0.3, -0.25) is 19.8 Å². The molecule has 0 atom stereocenters. The molecule has 1 saturated heterocycles. The highest BCUT2D eigenvalue weighted by Gasteiger charge is 2.34. The zero-order valence-electron chi connectivity index (χ0n) is 18.7. The summed E-state index contributed by atoms with van der Waals surface area (Å²) in [7, 11) is 1.21. The minimum absolute atomic E-state index is 0.0172. The van der Waals surface area contributed by atoms with Gasteiger partial charge in [-0.1, -0.05) is 17.7 Å². The first-order valence-corrected chi connectivity index (χ1v) is 10.8. The van der Waals surface area contributed by atoms with E-state index in [0.29, 0.717) is 11.3 Å². The zero-order valence-corrected chi connectivity index (χ0v) is 19.5. The van der Waals surface area contributed by atoms with E-state index in [1.54, 1.807) is 30.3 Å². The van der Waals surface area contributed by atoms with Gasteiger partial charge in [0.25, 0.3) is 11.6 Å². The quantitative estimate of drug-likeness (QED) is 0.155. The Labute approximate surface area is 209 Å². The van der Waals surface area contributed by atoms with E-state index < -0.39 is 22.8 Å². The second-order valence-electron chi connectivity index (χ2n) is 7.54. The number of nitrogens with one attached hydrogen (secondary N) is 1. The number of hydrogen-bond donors (Lipinski definition) is 1. The predicted octanol–water partition coefficient (Wildman–Crippen LogP) is 4.30. The van der Waals surface area contributed by atoms with E-state index in [9.17, 15) is 24.5 Å². The monoisotopic (exact) mass is 511 g/mol. The predicted molar refractivity (Wildman–Crippen MR) is 126 cm³/mol. The summed E-state index contributed by atoms with van der Waals surface area (Å²) in [5.41, 5.74) is 1.28. The third-order valence-corrected chi connectivity index (χ3v) is 5.43. The van der Waals surface area contributed by atoms with Gasteiger partial charge in [0, 0.05) is 12.1 Å². The van der Waals surface area contributed by atoms with Crippen LogP contribution in [0.4, 0.5) is 10.5 Å². The van der Waals surface area contributed by atoms with Gasteiger partial charge in [-0.05, 0) is 53.6 Å². The van der Waals surface area contributed by atoms with Crippen LogP contribution in [0.5, 0.6) is 5.75 Å². The first kappa shape index (κ1) is 24.5. The summed E-state index contributed by atoms with van der Waals surface area (Å²) >= 11 is 6.31. The van der Waals surface area contributed by atoms with Gasteiger partial charge in [0.05, 0.1) is 23.6 Å². The van der Waals surface area contributed by atoms with Crippen molar-refractivity contribution in [3.8, 4) is 5.75 Å². The first-order valence-electron chi connectivity index (χ1n) is 10.4. The van der Waals surface area contributed by atoms with E-state index in [0.717, 1.165) is 10.5 Å². The summed E-state index contributed by atoms with van der Waals surface area (Å²) in [6, 6.07) is 13.0. The third kappa shape index (κ3) is 5.36. The summed E-state index contributed by atoms with van der Waals surface area (Å²) in [5.74, 6) is -0.680. The van der Waals surface area contributed by atoms with Crippen LogP contribution in [0.25, 0.3) is 6.08 Å². The highest BCUT2D eigenvalue weighted by atomic mass is 35.5. The molecule has 184 valence electrons. The number of nitrogens with zero attached hydrogens (tertiary/aromatic N) is 2. The minimum Gasteiger partial charge on any atom is -0.487 e. The lowest BCUT2D eigenvalue weighted by molar-refractivity contribution is -0.384. The molecule has 0 unspecified atom stereocenters. The van der Waals surface area contributed by atoms with Gasteiger partial charge in [0.15, 0.2) is 0 Å². The number of rotatable bonds is 8. The van der Waals surface area contributed by atoms with Crippen LogP contribution >= 0.6 is 11.6 Å². The van der Waals surface area contributed by atoms with Crippen molar-refractivity contribution in [3.63, 3.8) is 0 Å². The number of non-ortho nitro benzene ring substituents is 1. The molecule has 0 bridgehead atoms. The minimum atomic E-state index is -0.670. The molecule has 0 spiro atoms. The van der Waals surface area contributed by atoms with Crippen LogP contribution < -0.4 is 10.1 Å². The van der Waals surface area contributed by atoms with Gasteiger partial charge in [-0.25, -0.2) is 9.59 Å². The second-order valence-corrected chi connectivity index (χ2v) is 7.95. The Kier molecular flexibility index (Phi) is 7.02. The number of nitro benzene ring substituents is 1. The number of nitro groups is 1. The number of imide groups is 1. The van der Waals surface area contributed by atoms with E-state index in [1.165, 1.54) is 37.5 Å². The van der Waals surface area contributed by atoms with Crippen LogP contribution in [0, 0.1) is 10.1 Å². The number of furan rings is 1. The Morgan fingerprint density at radius 3 is 2.58 bits per heavy atom. The van der Waals surface area contributed by atoms with Gasteiger partial charge < -0.3 is 19.2 Å². The van der Waals surface area contributed by atoms with E-state index in [2.05, 4.69) is 10.1 Å². The Balaban J connectivity index is 1.41. The Morgan fingerprint density at radius 1 is 1.17 bits per heavy atom. The fourth-order valence-electron chi connectivity index (χ4n) is 3.31. The van der Waals surface area contributed by atoms with E-state index in [-0.39, 0.29) is 41.1 Å². The van der Waals surface area contributed by atoms with Crippen molar-refractivity contribution in [2.75, 3.05) is 7.11 Å². The number of carbonyl (C=O) groups is 3. The van der Waals surface area contributed by atoms with Crippen molar-refractivity contribution in [2.45, 2.75) is 13.2 Å². The molecule has 0 radical (unpaired) electrons. The van der Waals surface area contributed by atoms with Crippen molar-refractivity contribution in [1.29, 1.82) is 0 Å². The standard InChI is InChI=1S/C24H18ClN3O8/c1-34-23(30)21-9-7-17(36-21)12-27-22(29)19(26-24(27)31)11-15-4-8-20(18(25)10-15)35-13-14-2-5-16(6-3-14)28(32)33/h2-11H,12-13H2,1H3,(H,26,31)/b19-11-. The fraction of sp³-hybridized carbons (Fsp3) is 0.125. The lowest BCUT2D eigenvalue weighted by Gasteiger charge is -2.09. The number of carbonyl (C=O) groups excluding carboxylic acids is 3. The molecule has 1 aliphatic heterocycles. The summed E-state index contributed by atoms with van der Waals surface area (Å²) in [5, 5.41) is 13.5. The lowest BCUT2D eigenvalue weighted by Crippen LogP contribution is -2.30. The molecule has 2 heterocycles. The number of benzene rings is 2. The van der Waals surface area contributed by atoms with Crippen LogP contribution in [0.15, 0.2) is 64.7 Å². The topological polar surface area (TPSA) is 141 Å². The molecule has 36 heavy (non-hydrogen) atoms. The number of amides is 3. The molecule has 1 aromatic heterocycles. The molecular formula is C24H18ClN3O8. The Morgan fingerprint density at radius 2 is 1.92 bits per heavy atom. The van der Waals surface area contributed by atoms with Crippen LogP contribution in [-0.4, -0.2) is 34.8 Å². The first-order chi connectivity index (χ1) is 17.2. The normalized spacial score (nSPS) is 14.2. The highest BCUT2D eigenvalue weighted by Crippen LogP contribution is 2.28. The molecule has 2 aromatic carbocycles. The van der Waals surface area contributed by atoms with Gasteiger partial charge in [-0.15, -0.1) is 0 Å². The molecule has 1 fully saturated rings. The fourth-order valence-corrected chi connectivity index (χ4v) is 3.55. The van der Waals surface area contributed by atoms with Crippen molar-refractivity contribution in [3.05, 3.63) is 98.1 Å². The number of esters is 1. The van der Waals surface area contributed by atoms with Crippen molar-refractivity contribution in [2.24, 2.45) is 0 Å². The molecule has 1 N–H and O–H groups in total. The Bertz CT molecular complexity index is 1380. The van der Waals surface area contributed by atoms with E-state index >= 15 is 0 Å². The lowest BCUT2D eigenvalue weighted by atomic mass is 10.1. The average molecular weight is 512 g/mol. The van der Waals surface area contributed by atoms with Gasteiger partial charge in [-0.2, -0.15) is 0 Å². The molecule has 0 saturated carbocycles. The molecule has 3 amide bonds.